The molecule has 0 N–H and O–H groups in total. The van der Waals surface area contributed by atoms with Crippen molar-refractivity contribution in [2.24, 2.45) is 5.41 Å². The molecule has 2 saturated heterocycles. The summed E-state index contributed by atoms with van der Waals surface area (Å²) in [6.07, 6.45) is 1.15. The van der Waals surface area contributed by atoms with E-state index in [2.05, 4.69) is 13.2 Å². The van der Waals surface area contributed by atoms with Gasteiger partial charge in [-0.3, -0.25) is 0 Å². The molecule has 0 bridgehead atoms. The fraction of sp³-hybridized carbons (Fsp3) is 0.733. The fourth-order valence-electron chi connectivity index (χ4n) is 2.23. The van der Waals surface area contributed by atoms with E-state index < -0.39 is 0 Å². The van der Waals surface area contributed by atoms with Crippen molar-refractivity contribution in [2.75, 3.05) is 26.4 Å². The van der Waals surface area contributed by atoms with Gasteiger partial charge in [0, 0.05) is 12.8 Å². The molecular formula is C15H24O4. The second-order valence-corrected chi connectivity index (χ2v) is 5.93. The summed E-state index contributed by atoms with van der Waals surface area (Å²) in [4.78, 5) is 0. The molecule has 19 heavy (non-hydrogen) atoms. The molecule has 0 saturated carbocycles. The molecule has 0 aromatic heterocycles. The van der Waals surface area contributed by atoms with Crippen LogP contribution in [-0.2, 0) is 18.9 Å². The highest BCUT2D eigenvalue weighted by molar-refractivity contribution is 4.93. The average Bonchev–Trinajstić information content (AvgIpc) is 2.34. The van der Waals surface area contributed by atoms with E-state index in [1.165, 1.54) is 0 Å². The lowest BCUT2D eigenvalue weighted by atomic mass is 9.90. The standard InChI is InChI=1S/C15H24O4/c1-11(2)5-13-16-7-15(8-17-13)9-18-14(19-10-15)6-12(3)4/h13-14H,1,3,5-10H2,2,4H3. The topological polar surface area (TPSA) is 36.9 Å². The molecule has 0 aliphatic carbocycles. The van der Waals surface area contributed by atoms with E-state index in [0.717, 1.165) is 24.0 Å². The monoisotopic (exact) mass is 268 g/mol. The van der Waals surface area contributed by atoms with Crippen LogP contribution >= 0.6 is 0 Å². The van der Waals surface area contributed by atoms with Crippen LogP contribution in [-0.4, -0.2) is 39.0 Å². The Balaban J connectivity index is 1.78. The first-order chi connectivity index (χ1) is 8.99. The third-order valence-corrected chi connectivity index (χ3v) is 3.33. The van der Waals surface area contributed by atoms with Gasteiger partial charge in [0.1, 0.15) is 0 Å². The Morgan fingerprint density at radius 2 is 1.16 bits per heavy atom. The molecule has 2 aliphatic rings. The predicted molar refractivity (Wildman–Crippen MR) is 72.7 cm³/mol. The Hall–Kier alpha value is -0.680. The molecule has 1 spiro atoms. The summed E-state index contributed by atoms with van der Waals surface area (Å²) in [7, 11) is 0. The highest BCUT2D eigenvalue weighted by atomic mass is 16.7. The van der Waals surface area contributed by atoms with Gasteiger partial charge in [-0.25, -0.2) is 0 Å². The Kier molecular flexibility index (Phi) is 4.79. The molecule has 0 radical (unpaired) electrons. The van der Waals surface area contributed by atoms with Crippen molar-refractivity contribution in [1.82, 2.24) is 0 Å². The molecule has 0 amide bonds. The normalized spacial score (nSPS) is 35.3. The van der Waals surface area contributed by atoms with Gasteiger partial charge in [0.2, 0.25) is 0 Å². The van der Waals surface area contributed by atoms with Gasteiger partial charge in [-0.05, 0) is 13.8 Å². The van der Waals surface area contributed by atoms with Gasteiger partial charge < -0.3 is 18.9 Å². The zero-order chi connectivity index (χ0) is 13.9. The minimum atomic E-state index is -0.170. The zero-order valence-electron chi connectivity index (χ0n) is 11.9. The van der Waals surface area contributed by atoms with Gasteiger partial charge in [-0.1, -0.05) is 24.3 Å². The van der Waals surface area contributed by atoms with Crippen LogP contribution in [0, 0.1) is 5.41 Å². The van der Waals surface area contributed by atoms with Crippen LogP contribution in [0.25, 0.3) is 0 Å². The molecule has 0 aromatic rings. The smallest absolute Gasteiger partial charge is 0.161 e. The fourth-order valence-corrected chi connectivity index (χ4v) is 2.23. The molecule has 4 nitrogen and oxygen atoms in total. The first kappa shape index (κ1) is 14.7. The maximum atomic E-state index is 5.74. The first-order valence-corrected chi connectivity index (χ1v) is 6.74. The van der Waals surface area contributed by atoms with Crippen LogP contribution in [0.2, 0.25) is 0 Å². The van der Waals surface area contributed by atoms with E-state index in [-0.39, 0.29) is 18.0 Å². The summed E-state index contributed by atoms with van der Waals surface area (Å²) in [6, 6.07) is 0. The Labute approximate surface area is 115 Å². The summed E-state index contributed by atoms with van der Waals surface area (Å²) in [5.74, 6) is 0. The van der Waals surface area contributed by atoms with Crippen molar-refractivity contribution in [3.05, 3.63) is 24.3 Å². The van der Waals surface area contributed by atoms with Crippen LogP contribution in [0.15, 0.2) is 24.3 Å². The van der Waals surface area contributed by atoms with Crippen molar-refractivity contribution < 1.29 is 18.9 Å². The van der Waals surface area contributed by atoms with E-state index >= 15 is 0 Å². The van der Waals surface area contributed by atoms with E-state index in [0.29, 0.717) is 26.4 Å². The molecule has 108 valence electrons. The third-order valence-electron chi connectivity index (χ3n) is 3.33. The minimum absolute atomic E-state index is 0.156. The highest BCUT2D eigenvalue weighted by Crippen LogP contribution is 2.32. The highest BCUT2D eigenvalue weighted by Gasteiger charge is 2.41. The van der Waals surface area contributed by atoms with E-state index in [1.807, 2.05) is 13.8 Å². The summed E-state index contributed by atoms with van der Waals surface area (Å²) >= 11 is 0. The van der Waals surface area contributed by atoms with Gasteiger partial charge in [0.15, 0.2) is 12.6 Å². The minimum Gasteiger partial charge on any atom is -0.351 e. The lowest BCUT2D eigenvalue weighted by molar-refractivity contribution is -0.301. The lowest BCUT2D eigenvalue weighted by Gasteiger charge is -2.43. The largest absolute Gasteiger partial charge is 0.351 e. The van der Waals surface area contributed by atoms with Crippen LogP contribution < -0.4 is 0 Å². The zero-order valence-corrected chi connectivity index (χ0v) is 11.9. The maximum Gasteiger partial charge on any atom is 0.161 e. The number of rotatable bonds is 4. The Morgan fingerprint density at radius 1 is 0.842 bits per heavy atom. The molecule has 4 heteroatoms. The summed E-state index contributed by atoms with van der Waals surface area (Å²) < 4.78 is 23.0. The SMILES string of the molecule is C=C(C)CC1OCC2(CO1)COC(CC(=C)C)OC2. The number of hydrogen-bond acceptors (Lipinski definition) is 4. The maximum absolute atomic E-state index is 5.74. The average molecular weight is 268 g/mol. The van der Waals surface area contributed by atoms with Gasteiger partial charge in [0.25, 0.3) is 0 Å². The molecule has 0 aromatic carbocycles. The van der Waals surface area contributed by atoms with Gasteiger partial charge >= 0.3 is 0 Å². The van der Waals surface area contributed by atoms with Crippen molar-refractivity contribution in [3.8, 4) is 0 Å². The third kappa shape index (κ3) is 4.14. The molecule has 2 aliphatic heterocycles. The number of hydrogen-bond donors (Lipinski definition) is 0. The Bertz CT molecular complexity index is 297. The molecule has 2 fully saturated rings. The van der Waals surface area contributed by atoms with Crippen LogP contribution in [0.5, 0.6) is 0 Å². The quantitative estimate of drug-likeness (QED) is 0.735. The summed E-state index contributed by atoms with van der Waals surface area (Å²) in [5.41, 5.74) is 1.98. The van der Waals surface area contributed by atoms with Gasteiger partial charge in [0.05, 0.1) is 31.8 Å². The first-order valence-electron chi connectivity index (χ1n) is 6.74. The molecular weight excluding hydrogens is 244 g/mol. The second kappa shape index (κ2) is 6.18. The lowest BCUT2D eigenvalue weighted by Crippen LogP contribution is -2.52. The Morgan fingerprint density at radius 3 is 1.42 bits per heavy atom. The van der Waals surface area contributed by atoms with E-state index in [1.54, 1.807) is 0 Å². The van der Waals surface area contributed by atoms with Crippen molar-refractivity contribution in [3.63, 3.8) is 0 Å². The van der Waals surface area contributed by atoms with Crippen molar-refractivity contribution >= 4 is 0 Å². The molecule has 2 rings (SSSR count). The summed E-state index contributed by atoms with van der Waals surface area (Å²) in [5, 5.41) is 0. The second-order valence-electron chi connectivity index (χ2n) is 5.93. The predicted octanol–water partition coefficient (Wildman–Crippen LogP) is 2.65. The van der Waals surface area contributed by atoms with Crippen molar-refractivity contribution in [2.45, 2.75) is 39.3 Å². The summed E-state index contributed by atoms with van der Waals surface area (Å²) in [6.45, 7) is 14.2. The van der Waals surface area contributed by atoms with Crippen LogP contribution in [0.4, 0.5) is 0 Å². The van der Waals surface area contributed by atoms with Crippen LogP contribution in [0.3, 0.4) is 0 Å². The molecule has 2 heterocycles. The van der Waals surface area contributed by atoms with Gasteiger partial charge in [-0.15, -0.1) is 0 Å². The molecule has 0 unspecified atom stereocenters. The van der Waals surface area contributed by atoms with E-state index in [4.69, 9.17) is 18.9 Å². The van der Waals surface area contributed by atoms with E-state index in [9.17, 15) is 0 Å². The van der Waals surface area contributed by atoms with Crippen LogP contribution in [0.1, 0.15) is 26.7 Å². The van der Waals surface area contributed by atoms with Crippen molar-refractivity contribution in [1.29, 1.82) is 0 Å². The van der Waals surface area contributed by atoms with Gasteiger partial charge in [-0.2, -0.15) is 0 Å². The number of ether oxygens (including phenoxy) is 4. The molecule has 0 atom stereocenters.